The molecule has 0 aromatic rings. The van der Waals surface area contributed by atoms with Crippen molar-refractivity contribution in [3.8, 4) is 0 Å². The Kier molecular flexibility index (Phi) is 4.18. The molecule has 0 radical (unpaired) electrons. The number of hydrogen-bond acceptors (Lipinski definition) is 4. The molecule has 1 aliphatic heterocycles. The molecular formula is C12H22N2O2. The van der Waals surface area contributed by atoms with Gasteiger partial charge in [-0.05, 0) is 32.2 Å². The van der Waals surface area contributed by atoms with Crippen LogP contribution in [0.4, 0.5) is 0 Å². The van der Waals surface area contributed by atoms with Gasteiger partial charge in [0.1, 0.15) is 0 Å². The number of rotatable bonds is 5. The first-order valence-electron chi connectivity index (χ1n) is 6.33. The SMILES string of the molecule is COC(=O)CCN1CCCC(NC2CC2)C1. The lowest BCUT2D eigenvalue weighted by molar-refractivity contribution is -0.141. The highest BCUT2D eigenvalue weighted by atomic mass is 16.5. The van der Waals surface area contributed by atoms with E-state index in [-0.39, 0.29) is 5.97 Å². The van der Waals surface area contributed by atoms with E-state index >= 15 is 0 Å². The van der Waals surface area contributed by atoms with Crippen molar-refractivity contribution in [1.29, 1.82) is 0 Å². The van der Waals surface area contributed by atoms with Gasteiger partial charge in [-0.2, -0.15) is 0 Å². The molecule has 4 heteroatoms. The zero-order valence-corrected chi connectivity index (χ0v) is 10.1. The fourth-order valence-electron chi connectivity index (χ4n) is 2.33. The van der Waals surface area contributed by atoms with Gasteiger partial charge in [0.25, 0.3) is 0 Å². The first kappa shape index (κ1) is 11.9. The van der Waals surface area contributed by atoms with Crippen LogP contribution in [0, 0.1) is 0 Å². The average molecular weight is 226 g/mol. The number of hydrogen-bond donors (Lipinski definition) is 1. The number of ether oxygens (including phenoxy) is 1. The summed E-state index contributed by atoms with van der Waals surface area (Å²) >= 11 is 0. The fourth-order valence-corrected chi connectivity index (χ4v) is 2.33. The molecule has 1 heterocycles. The summed E-state index contributed by atoms with van der Waals surface area (Å²) in [6.45, 7) is 3.06. The van der Waals surface area contributed by atoms with E-state index in [2.05, 4.69) is 15.0 Å². The Morgan fingerprint density at radius 1 is 1.38 bits per heavy atom. The summed E-state index contributed by atoms with van der Waals surface area (Å²) in [6, 6.07) is 1.42. The molecule has 1 saturated heterocycles. The normalized spacial score (nSPS) is 26.7. The molecule has 4 nitrogen and oxygen atoms in total. The lowest BCUT2D eigenvalue weighted by Crippen LogP contribution is -2.46. The molecule has 2 fully saturated rings. The van der Waals surface area contributed by atoms with Gasteiger partial charge in [0.2, 0.25) is 0 Å². The Hall–Kier alpha value is -0.610. The van der Waals surface area contributed by atoms with Crippen LogP contribution in [-0.2, 0) is 9.53 Å². The monoisotopic (exact) mass is 226 g/mol. The van der Waals surface area contributed by atoms with Gasteiger partial charge in [-0.25, -0.2) is 0 Å². The van der Waals surface area contributed by atoms with Crippen LogP contribution < -0.4 is 5.32 Å². The number of methoxy groups -OCH3 is 1. The Morgan fingerprint density at radius 3 is 2.88 bits per heavy atom. The first-order valence-corrected chi connectivity index (χ1v) is 6.33. The van der Waals surface area contributed by atoms with Crippen LogP contribution in [0.1, 0.15) is 32.1 Å². The smallest absolute Gasteiger partial charge is 0.306 e. The van der Waals surface area contributed by atoms with Crippen LogP contribution in [0.5, 0.6) is 0 Å². The van der Waals surface area contributed by atoms with Crippen molar-refractivity contribution >= 4 is 5.97 Å². The van der Waals surface area contributed by atoms with Crippen molar-refractivity contribution in [3.63, 3.8) is 0 Å². The second-order valence-corrected chi connectivity index (χ2v) is 4.91. The van der Waals surface area contributed by atoms with E-state index in [0.29, 0.717) is 12.5 Å². The molecule has 2 rings (SSSR count). The summed E-state index contributed by atoms with van der Waals surface area (Å²) in [7, 11) is 1.45. The molecule has 0 aromatic carbocycles. The maximum atomic E-state index is 11.1. The van der Waals surface area contributed by atoms with Crippen molar-refractivity contribution in [2.24, 2.45) is 0 Å². The summed E-state index contributed by atoms with van der Waals surface area (Å²) in [6.07, 6.45) is 5.74. The molecule has 0 spiro atoms. The Bertz CT molecular complexity index is 241. The highest BCUT2D eigenvalue weighted by Gasteiger charge is 2.27. The van der Waals surface area contributed by atoms with Gasteiger partial charge in [0.15, 0.2) is 0 Å². The number of likely N-dealkylation sites (tertiary alicyclic amines) is 1. The van der Waals surface area contributed by atoms with Gasteiger partial charge in [0.05, 0.1) is 13.5 Å². The summed E-state index contributed by atoms with van der Waals surface area (Å²) in [5.41, 5.74) is 0. The van der Waals surface area contributed by atoms with E-state index in [1.54, 1.807) is 0 Å². The maximum Gasteiger partial charge on any atom is 0.306 e. The van der Waals surface area contributed by atoms with E-state index in [0.717, 1.165) is 25.7 Å². The van der Waals surface area contributed by atoms with Gasteiger partial charge in [0, 0.05) is 25.2 Å². The van der Waals surface area contributed by atoms with Crippen molar-refractivity contribution in [1.82, 2.24) is 10.2 Å². The van der Waals surface area contributed by atoms with Crippen LogP contribution in [0.25, 0.3) is 0 Å². The van der Waals surface area contributed by atoms with E-state index in [4.69, 9.17) is 0 Å². The van der Waals surface area contributed by atoms with E-state index in [1.807, 2.05) is 0 Å². The van der Waals surface area contributed by atoms with Crippen LogP contribution in [0.15, 0.2) is 0 Å². The molecule has 1 N–H and O–H groups in total. The van der Waals surface area contributed by atoms with E-state index in [9.17, 15) is 4.79 Å². The molecule has 1 atom stereocenters. The zero-order valence-electron chi connectivity index (χ0n) is 10.1. The lowest BCUT2D eigenvalue weighted by Gasteiger charge is -2.33. The lowest BCUT2D eigenvalue weighted by atomic mass is 10.1. The molecule has 1 saturated carbocycles. The van der Waals surface area contributed by atoms with Crippen molar-refractivity contribution in [3.05, 3.63) is 0 Å². The minimum Gasteiger partial charge on any atom is -0.469 e. The number of nitrogens with zero attached hydrogens (tertiary/aromatic N) is 1. The number of nitrogens with one attached hydrogen (secondary N) is 1. The molecule has 0 aromatic heterocycles. The van der Waals surface area contributed by atoms with Crippen molar-refractivity contribution in [2.45, 2.75) is 44.2 Å². The second-order valence-electron chi connectivity index (χ2n) is 4.91. The predicted molar refractivity (Wildman–Crippen MR) is 62.3 cm³/mol. The van der Waals surface area contributed by atoms with Gasteiger partial charge in [-0.1, -0.05) is 0 Å². The van der Waals surface area contributed by atoms with Gasteiger partial charge >= 0.3 is 5.97 Å². The zero-order chi connectivity index (χ0) is 11.4. The second kappa shape index (κ2) is 5.64. The Morgan fingerprint density at radius 2 is 2.19 bits per heavy atom. The largest absolute Gasteiger partial charge is 0.469 e. The molecule has 92 valence electrons. The number of carbonyl (C=O) groups excluding carboxylic acids is 1. The predicted octanol–water partition coefficient (Wildman–Crippen LogP) is 0.766. The van der Waals surface area contributed by atoms with E-state index in [1.165, 1.54) is 32.8 Å². The summed E-state index contributed by atoms with van der Waals surface area (Å²) < 4.78 is 4.66. The maximum absolute atomic E-state index is 11.1. The van der Waals surface area contributed by atoms with Gasteiger partial charge in [-0.3, -0.25) is 4.79 Å². The van der Waals surface area contributed by atoms with Crippen molar-refractivity contribution < 1.29 is 9.53 Å². The molecule has 0 amide bonds. The van der Waals surface area contributed by atoms with Crippen LogP contribution in [0.2, 0.25) is 0 Å². The third-order valence-electron chi connectivity index (χ3n) is 3.41. The number of piperidine rings is 1. The third kappa shape index (κ3) is 3.76. The highest BCUT2D eigenvalue weighted by Crippen LogP contribution is 2.21. The van der Waals surface area contributed by atoms with Crippen LogP contribution in [-0.4, -0.2) is 49.7 Å². The highest BCUT2D eigenvalue weighted by molar-refractivity contribution is 5.69. The van der Waals surface area contributed by atoms with Gasteiger partial charge < -0.3 is 15.0 Å². The standard InChI is InChI=1S/C12H22N2O2/c1-16-12(15)6-8-14-7-2-3-11(9-14)13-10-4-5-10/h10-11,13H,2-9H2,1H3. The van der Waals surface area contributed by atoms with Crippen LogP contribution >= 0.6 is 0 Å². The molecule has 0 bridgehead atoms. The summed E-state index contributed by atoms with van der Waals surface area (Å²) in [5.74, 6) is -0.0997. The quantitative estimate of drug-likeness (QED) is 0.703. The molecule has 1 aliphatic carbocycles. The first-order chi connectivity index (χ1) is 7.78. The van der Waals surface area contributed by atoms with Gasteiger partial charge in [-0.15, -0.1) is 0 Å². The molecule has 2 aliphatic rings. The Labute approximate surface area is 97.3 Å². The minimum atomic E-state index is -0.0997. The minimum absolute atomic E-state index is 0.0997. The summed E-state index contributed by atoms with van der Waals surface area (Å²) in [4.78, 5) is 13.4. The van der Waals surface area contributed by atoms with Crippen molar-refractivity contribution in [2.75, 3.05) is 26.7 Å². The fraction of sp³-hybridized carbons (Fsp3) is 0.917. The Balaban J connectivity index is 1.66. The summed E-state index contributed by atoms with van der Waals surface area (Å²) in [5, 5.41) is 3.67. The number of esters is 1. The molecular weight excluding hydrogens is 204 g/mol. The molecule has 1 unspecified atom stereocenters. The average Bonchev–Trinajstić information content (AvgIpc) is 3.10. The topological polar surface area (TPSA) is 41.6 Å². The van der Waals surface area contributed by atoms with Crippen LogP contribution in [0.3, 0.4) is 0 Å². The number of carbonyl (C=O) groups is 1. The molecule has 16 heavy (non-hydrogen) atoms. The van der Waals surface area contributed by atoms with E-state index < -0.39 is 0 Å². The third-order valence-corrected chi connectivity index (χ3v) is 3.41.